The van der Waals surface area contributed by atoms with E-state index in [1.807, 2.05) is 0 Å². The Hall–Kier alpha value is -3.78. The van der Waals surface area contributed by atoms with E-state index >= 15 is 0 Å². The van der Waals surface area contributed by atoms with Gasteiger partial charge in [-0.1, -0.05) is 11.6 Å². The molecule has 1 aromatic heterocycles. The zero-order valence-corrected chi connectivity index (χ0v) is 17.4. The molecule has 0 aliphatic rings. The van der Waals surface area contributed by atoms with Crippen molar-refractivity contribution in [1.29, 1.82) is 0 Å². The number of carbonyl (C=O) groups excluding carboxylic acids is 1. The molecule has 2 aromatic carbocycles. The lowest BCUT2D eigenvalue weighted by molar-refractivity contribution is -0.385. The maximum Gasteiger partial charge on any atom is 0.312 e. The second-order valence-corrected chi connectivity index (χ2v) is 6.67. The highest BCUT2D eigenvalue weighted by Gasteiger charge is 2.16. The Labute approximate surface area is 182 Å². The van der Waals surface area contributed by atoms with Gasteiger partial charge in [-0.3, -0.25) is 14.9 Å². The van der Waals surface area contributed by atoms with Gasteiger partial charge < -0.3 is 18.6 Å². The normalized spacial score (nSPS) is 10.8. The first kappa shape index (κ1) is 21.9. The molecule has 0 saturated heterocycles. The number of carbonyl (C=O) groups is 1. The van der Waals surface area contributed by atoms with Crippen LogP contribution in [0.3, 0.4) is 0 Å². The molecule has 0 unspecified atom stereocenters. The number of methoxy groups -OCH3 is 2. The molecule has 160 valence electrons. The summed E-state index contributed by atoms with van der Waals surface area (Å²) >= 11 is 5.79. The van der Waals surface area contributed by atoms with E-state index in [0.29, 0.717) is 28.6 Å². The summed E-state index contributed by atoms with van der Waals surface area (Å²) in [6.07, 6.45) is 2.89. The van der Waals surface area contributed by atoms with E-state index in [0.717, 1.165) is 0 Å². The Kier molecular flexibility index (Phi) is 6.94. The average Bonchev–Trinajstić information content (AvgIpc) is 3.23. The fraction of sp³-hybridized carbons (Fsp3) is 0.136. The fourth-order valence-electron chi connectivity index (χ4n) is 2.71. The van der Waals surface area contributed by atoms with Crippen molar-refractivity contribution in [3.8, 4) is 17.2 Å². The van der Waals surface area contributed by atoms with Gasteiger partial charge in [0, 0.05) is 16.7 Å². The van der Waals surface area contributed by atoms with Crippen LogP contribution >= 0.6 is 11.6 Å². The summed E-state index contributed by atoms with van der Waals surface area (Å²) < 4.78 is 21.4. The van der Waals surface area contributed by atoms with Crippen LogP contribution < -0.4 is 14.2 Å². The molecule has 0 bridgehead atoms. The van der Waals surface area contributed by atoms with Crippen LogP contribution in [0, 0.1) is 10.1 Å². The molecule has 1 heterocycles. The van der Waals surface area contributed by atoms with Crippen molar-refractivity contribution >= 4 is 29.1 Å². The first-order valence-electron chi connectivity index (χ1n) is 9.01. The van der Waals surface area contributed by atoms with Gasteiger partial charge in [-0.15, -0.1) is 0 Å². The van der Waals surface area contributed by atoms with Crippen LogP contribution in [0.25, 0.3) is 6.08 Å². The van der Waals surface area contributed by atoms with Crippen LogP contribution in [-0.2, 0) is 6.61 Å². The number of allylic oxidation sites excluding steroid dienone is 1. The van der Waals surface area contributed by atoms with E-state index in [2.05, 4.69) is 0 Å². The molecule has 0 fully saturated rings. The predicted molar refractivity (Wildman–Crippen MR) is 114 cm³/mol. The van der Waals surface area contributed by atoms with Gasteiger partial charge in [-0.2, -0.15) is 0 Å². The molecule has 0 amide bonds. The third-order valence-electron chi connectivity index (χ3n) is 4.24. The smallest absolute Gasteiger partial charge is 0.312 e. The van der Waals surface area contributed by atoms with Crippen LogP contribution in [0.5, 0.6) is 17.2 Å². The summed E-state index contributed by atoms with van der Waals surface area (Å²) in [5.74, 6) is 1.68. The van der Waals surface area contributed by atoms with Gasteiger partial charge >= 0.3 is 5.69 Å². The molecular weight excluding hydrogens is 426 g/mol. The first-order chi connectivity index (χ1) is 14.9. The number of benzene rings is 2. The number of nitrogens with zero attached hydrogens (tertiary/aromatic N) is 1. The quantitative estimate of drug-likeness (QED) is 0.190. The minimum absolute atomic E-state index is 0.0278. The number of rotatable bonds is 9. The topological polar surface area (TPSA) is 101 Å². The van der Waals surface area contributed by atoms with Crippen molar-refractivity contribution < 1.29 is 28.3 Å². The maximum absolute atomic E-state index is 12.4. The van der Waals surface area contributed by atoms with E-state index in [4.69, 9.17) is 30.2 Å². The number of hydrogen-bond acceptors (Lipinski definition) is 7. The van der Waals surface area contributed by atoms with E-state index in [-0.39, 0.29) is 28.8 Å². The van der Waals surface area contributed by atoms with Crippen molar-refractivity contribution in [3.05, 3.63) is 86.8 Å². The summed E-state index contributed by atoms with van der Waals surface area (Å²) in [7, 11) is 3.01. The number of nitro groups is 1. The summed E-state index contributed by atoms with van der Waals surface area (Å²) in [4.78, 5) is 23.0. The molecule has 0 aliphatic carbocycles. The van der Waals surface area contributed by atoms with Crippen molar-refractivity contribution in [2.75, 3.05) is 14.2 Å². The number of halogens is 1. The lowest BCUT2D eigenvalue weighted by atomic mass is 10.1. The van der Waals surface area contributed by atoms with E-state index in [1.165, 1.54) is 44.6 Å². The summed E-state index contributed by atoms with van der Waals surface area (Å²) in [5.41, 5.74) is 0.193. The Morgan fingerprint density at radius 2 is 1.81 bits per heavy atom. The number of hydrogen-bond donors (Lipinski definition) is 0. The second kappa shape index (κ2) is 9.82. The van der Waals surface area contributed by atoms with Crippen molar-refractivity contribution in [1.82, 2.24) is 0 Å². The highest BCUT2D eigenvalue weighted by molar-refractivity contribution is 6.30. The monoisotopic (exact) mass is 443 g/mol. The van der Waals surface area contributed by atoms with Crippen LogP contribution in [0.4, 0.5) is 5.69 Å². The maximum atomic E-state index is 12.4. The van der Waals surface area contributed by atoms with Crippen molar-refractivity contribution in [2.24, 2.45) is 0 Å². The number of ketones is 1. The number of furan rings is 1. The fourth-order valence-corrected chi connectivity index (χ4v) is 2.88. The molecule has 3 rings (SSSR count). The number of ether oxygens (including phenoxy) is 3. The summed E-state index contributed by atoms with van der Waals surface area (Å²) in [6.45, 7) is -0.0278. The van der Waals surface area contributed by atoms with Gasteiger partial charge in [-0.25, -0.2) is 0 Å². The third kappa shape index (κ3) is 5.43. The molecule has 0 N–H and O–H groups in total. The van der Waals surface area contributed by atoms with Crippen LogP contribution in [-0.4, -0.2) is 24.9 Å². The lowest BCUT2D eigenvalue weighted by Crippen LogP contribution is -1.98. The molecule has 0 radical (unpaired) electrons. The van der Waals surface area contributed by atoms with Crippen molar-refractivity contribution in [3.63, 3.8) is 0 Å². The van der Waals surface area contributed by atoms with Crippen LogP contribution in [0.1, 0.15) is 21.9 Å². The van der Waals surface area contributed by atoms with Gasteiger partial charge in [0.2, 0.25) is 0 Å². The second-order valence-electron chi connectivity index (χ2n) is 6.23. The zero-order chi connectivity index (χ0) is 22.4. The van der Waals surface area contributed by atoms with E-state index < -0.39 is 4.92 Å². The molecule has 8 nitrogen and oxygen atoms in total. The Morgan fingerprint density at radius 3 is 2.52 bits per heavy atom. The van der Waals surface area contributed by atoms with Gasteiger partial charge in [-0.05, 0) is 54.6 Å². The highest BCUT2D eigenvalue weighted by Crippen LogP contribution is 2.31. The molecule has 3 aromatic rings. The van der Waals surface area contributed by atoms with Gasteiger partial charge in [0.15, 0.2) is 23.0 Å². The lowest BCUT2D eigenvalue weighted by Gasteiger charge is -2.07. The van der Waals surface area contributed by atoms with Gasteiger partial charge in [0.05, 0.1) is 19.1 Å². The summed E-state index contributed by atoms with van der Waals surface area (Å²) in [6, 6.07) is 12.3. The van der Waals surface area contributed by atoms with Gasteiger partial charge in [0.25, 0.3) is 0 Å². The largest absolute Gasteiger partial charge is 0.493 e. The minimum Gasteiger partial charge on any atom is -0.493 e. The highest BCUT2D eigenvalue weighted by atomic mass is 35.5. The molecule has 9 heteroatoms. The molecule has 31 heavy (non-hydrogen) atoms. The van der Waals surface area contributed by atoms with Gasteiger partial charge in [0.1, 0.15) is 18.1 Å². The number of nitro benzene ring substituents is 1. The minimum atomic E-state index is -0.572. The summed E-state index contributed by atoms with van der Waals surface area (Å²) in [5, 5.41) is 11.4. The molecule has 0 atom stereocenters. The van der Waals surface area contributed by atoms with E-state index in [9.17, 15) is 14.9 Å². The first-order valence-corrected chi connectivity index (χ1v) is 9.39. The molecule has 0 saturated carbocycles. The average molecular weight is 444 g/mol. The Balaban J connectivity index is 1.66. The predicted octanol–water partition coefficient (Wildman–Crippen LogP) is 5.33. The standard InChI is InChI=1S/C22H18ClNO7/c1-28-21-9-3-14(11-22(21)29-2)19(25)8-7-16-5-6-17(31-16)13-30-20-10-4-15(23)12-18(20)24(26)27/h3-12H,13H2,1-2H3/b8-7+. The molecule has 0 aliphatic heterocycles. The van der Waals surface area contributed by atoms with Crippen LogP contribution in [0.2, 0.25) is 5.02 Å². The van der Waals surface area contributed by atoms with Crippen LogP contribution in [0.15, 0.2) is 59.0 Å². The Bertz CT molecular complexity index is 1140. The zero-order valence-electron chi connectivity index (χ0n) is 16.7. The molecule has 0 spiro atoms. The SMILES string of the molecule is COc1ccc(C(=O)/C=C/c2ccc(COc3ccc(Cl)cc3[N+](=O)[O-])o2)cc1OC. The molecular formula is C22H18ClNO7. The van der Waals surface area contributed by atoms with Crippen molar-refractivity contribution in [2.45, 2.75) is 6.61 Å². The third-order valence-corrected chi connectivity index (χ3v) is 4.47. The Morgan fingerprint density at radius 1 is 1.06 bits per heavy atom. The van der Waals surface area contributed by atoms with E-state index in [1.54, 1.807) is 30.3 Å².